The Bertz CT molecular complexity index is 551. The van der Waals surface area contributed by atoms with Crippen molar-refractivity contribution in [3.05, 3.63) is 35.9 Å². The van der Waals surface area contributed by atoms with Crippen molar-refractivity contribution in [1.82, 2.24) is 10.2 Å². The summed E-state index contributed by atoms with van der Waals surface area (Å²) in [4.78, 5) is 13.4. The first-order valence-corrected chi connectivity index (χ1v) is 9.72. The lowest BCUT2D eigenvalue weighted by molar-refractivity contribution is 0.101. The van der Waals surface area contributed by atoms with Gasteiger partial charge < -0.3 is 35.4 Å². The zero-order valence-electron chi connectivity index (χ0n) is 16.1. The molecule has 0 unspecified atom stereocenters. The number of aliphatic hydroxyl groups excluding tert-OH is 4. The van der Waals surface area contributed by atoms with Crippen LogP contribution in [0.4, 0.5) is 4.79 Å². The van der Waals surface area contributed by atoms with Gasteiger partial charge in [0.1, 0.15) is 6.61 Å². The number of nitrogens with zero attached hydrogens (tertiary/aromatic N) is 1. The number of likely N-dealkylation sites (tertiary alicyclic amines) is 1. The summed E-state index contributed by atoms with van der Waals surface area (Å²) in [6.45, 7) is 3.16. The van der Waals surface area contributed by atoms with Crippen molar-refractivity contribution in [3.8, 4) is 0 Å². The number of amides is 1. The minimum Gasteiger partial charge on any atom is -0.445 e. The molecule has 4 atom stereocenters. The second kappa shape index (κ2) is 12.0. The van der Waals surface area contributed by atoms with Crippen LogP contribution < -0.4 is 5.32 Å². The molecule has 2 fully saturated rings. The van der Waals surface area contributed by atoms with Crippen LogP contribution in [0.2, 0.25) is 0 Å². The first-order valence-electron chi connectivity index (χ1n) is 9.72. The zero-order valence-corrected chi connectivity index (χ0v) is 16.1. The van der Waals surface area contributed by atoms with E-state index < -0.39 is 6.09 Å². The highest BCUT2D eigenvalue weighted by molar-refractivity contribution is 5.68. The van der Waals surface area contributed by atoms with E-state index in [1.54, 1.807) is 4.90 Å². The lowest BCUT2D eigenvalue weighted by Crippen LogP contribution is -2.30. The quantitative estimate of drug-likeness (QED) is 0.446. The Morgan fingerprint density at radius 3 is 1.86 bits per heavy atom. The Hall–Kier alpha value is -1.71. The van der Waals surface area contributed by atoms with Crippen LogP contribution >= 0.6 is 0 Å². The summed E-state index contributed by atoms with van der Waals surface area (Å²) in [5.41, 5.74) is 0.937. The summed E-state index contributed by atoms with van der Waals surface area (Å²) in [6, 6.07) is 9.48. The third-order valence-corrected chi connectivity index (χ3v) is 5.46. The van der Waals surface area contributed by atoms with Crippen LogP contribution in [-0.2, 0) is 11.3 Å². The number of ether oxygens (including phenoxy) is 1. The van der Waals surface area contributed by atoms with Gasteiger partial charge in [0.25, 0.3) is 0 Å². The maximum absolute atomic E-state index is 11.9. The molecule has 2 heterocycles. The van der Waals surface area contributed by atoms with E-state index >= 15 is 0 Å². The third kappa shape index (κ3) is 6.42. The van der Waals surface area contributed by atoms with E-state index in [9.17, 15) is 15.0 Å². The fraction of sp³-hybridized carbons (Fsp3) is 0.650. The zero-order chi connectivity index (χ0) is 20.4. The van der Waals surface area contributed by atoms with Crippen molar-refractivity contribution in [2.45, 2.75) is 6.61 Å². The number of hydrogen-bond acceptors (Lipinski definition) is 7. The van der Waals surface area contributed by atoms with Gasteiger partial charge in [-0.15, -0.1) is 0 Å². The highest BCUT2D eigenvalue weighted by atomic mass is 16.6. The number of aliphatic hydroxyl groups is 4. The molecule has 0 bridgehead atoms. The molecule has 0 aliphatic carbocycles. The average molecular weight is 396 g/mol. The topological polar surface area (TPSA) is 122 Å². The van der Waals surface area contributed by atoms with E-state index in [1.165, 1.54) is 0 Å². The molecule has 1 aromatic carbocycles. The highest BCUT2D eigenvalue weighted by Gasteiger charge is 2.35. The molecule has 5 N–H and O–H groups in total. The molecule has 3 rings (SSSR count). The van der Waals surface area contributed by atoms with Gasteiger partial charge in [-0.25, -0.2) is 4.79 Å². The number of carbonyl (C=O) groups excluding carboxylic acids is 1. The maximum Gasteiger partial charge on any atom is 0.410 e. The molecule has 8 nitrogen and oxygen atoms in total. The van der Waals surface area contributed by atoms with E-state index in [4.69, 9.17) is 14.9 Å². The monoisotopic (exact) mass is 396 g/mol. The van der Waals surface area contributed by atoms with Crippen LogP contribution in [0.3, 0.4) is 0 Å². The first-order chi connectivity index (χ1) is 13.6. The van der Waals surface area contributed by atoms with Gasteiger partial charge in [-0.3, -0.25) is 0 Å². The molecule has 0 aromatic heterocycles. The van der Waals surface area contributed by atoms with Crippen LogP contribution in [0.25, 0.3) is 0 Å². The highest BCUT2D eigenvalue weighted by Crippen LogP contribution is 2.23. The third-order valence-electron chi connectivity index (χ3n) is 5.46. The normalized spacial score (nSPS) is 26.6. The van der Waals surface area contributed by atoms with Gasteiger partial charge >= 0.3 is 6.09 Å². The van der Waals surface area contributed by atoms with E-state index in [1.807, 2.05) is 30.3 Å². The number of hydrogen-bond donors (Lipinski definition) is 5. The molecular weight excluding hydrogens is 364 g/mol. The molecule has 28 heavy (non-hydrogen) atoms. The largest absolute Gasteiger partial charge is 0.445 e. The minimum absolute atomic E-state index is 0.0201. The van der Waals surface area contributed by atoms with Crippen molar-refractivity contribution in [2.24, 2.45) is 23.7 Å². The lowest BCUT2D eigenvalue weighted by Gasteiger charge is -2.16. The van der Waals surface area contributed by atoms with Gasteiger partial charge in [-0.05, 0) is 5.56 Å². The summed E-state index contributed by atoms with van der Waals surface area (Å²) >= 11 is 0. The van der Waals surface area contributed by atoms with Gasteiger partial charge in [0.05, 0.1) is 0 Å². The van der Waals surface area contributed by atoms with Gasteiger partial charge in [-0.2, -0.15) is 0 Å². The fourth-order valence-corrected chi connectivity index (χ4v) is 3.53. The van der Waals surface area contributed by atoms with Crippen molar-refractivity contribution < 1.29 is 30.0 Å². The molecular formula is C20H32N2O6. The predicted octanol–water partition coefficient (Wildman–Crippen LogP) is -0.338. The summed E-state index contributed by atoms with van der Waals surface area (Å²) in [6.07, 6.45) is -0.391. The standard InChI is InChI=1S/C14H19NO4.C6H13NO2/c16-8-12-6-15(7-13(12)9-17)14(18)19-10-11-4-2-1-3-5-11;8-3-5-1-7-2-6(5)4-9/h1-5,12-13,16-17H,6-10H2;5-9H,1-4H2/t12-,13+;5-,6+. The molecule has 158 valence electrons. The Morgan fingerprint density at radius 2 is 1.39 bits per heavy atom. The predicted molar refractivity (Wildman–Crippen MR) is 103 cm³/mol. The number of benzene rings is 1. The number of carbonyl (C=O) groups is 1. The van der Waals surface area contributed by atoms with Gasteiger partial charge in [-0.1, -0.05) is 30.3 Å². The lowest BCUT2D eigenvalue weighted by atomic mass is 9.98. The van der Waals surface area contributed by atoms with Gasteiger partial charge in [0, 0.05) is 76.3 Å². The molecule has 2 saturated heterocycles. The second-order valence-electron chi connectivity index (χ2n) is 7.37. The van der Waals surface area contributed by atoms with E-state index in [0.717, 1.165) is 18.7 Å². The van der Waals surface area contributed by atoms with Crippen LogP contribution in [0.15, 0.2) is 30.3 Å². The van der Waals surface area contributed by atoms with E-state index in [2.05, 4.69) is 5.32 Å². The number of rotatable bonds is 6. The van der Waals surface area contributed by atoms with Crippen LogP contribution in [0.5, 0.6) is 0 Å². The van der Waals surface area contributed by atoms with E-state index in [0.29, 0.717) is 13.1 Å². The molecule has 8 heteroatoms. The summed E-state index contributed by atoms with van der Waals surface area (Å²) in [7, 11) is 0. The van der Waals surface area contributed by atoms with Gasteiger partial charge in [0.2, 0.25) is 0 Å². The maximum atomic E-state index is 11.9. The Morgan fingerprint density at radius 1 is 0.893 bits per heavy atom. The smallest absolute Gasteiger partial charge is 0.410 e. The molecule has 2 aliphatic heterocycles. The van der Waals surface area contributed by atoms with Crippen LogP contribution in [0, 0.1) is 23.7 Å². The summed E-state index contributed by atoms with van der Waals surface area (Å²) < 4.78 is 5.22. The molecule has 1 aromatic rings. The molecule has 0 saturated carbocycles. The molecule has 0 spiro atoms. The van der Waals surface area contributed by atoms with Crippen LogP contribution in [-0.4, -0.2) is 84.0 Å². The SMILES string of the molecule is O=C(OCc1ccccc1)N1C[C@@H](CO)[C@@H](CO)C1.OC[C@@H]1CNC[C@@H]1CO. The Kier molecular flexibility index (Phi) is 9.66. The summed E-state index contributed by atoms with van der Waals surface area (Å²) in [5.74, 6) is 0.425. The van der Waals surface area contributed by atoms with E-state index in [-0.39, 0.29) is 56.7 Å². The average Bonchev–Trinajstić information content (AvgIpc) is 3.39. The Labute approximate surface area is 165 Å². The van der Waals surface area contributed by atoms with Gasteiger partial charge in [0.15, 0.2) is 0 Å². The first kappa shape index (κ1) is 22.6. The second-order valence-corrected chi connectivity index (χ2v) is 7.37. The van der Waals surface area contributed by atoms with Crippen LogP contribution in [0.1, 0.15) is 5.56 Å². The van der Waals surface area contributed by atoms with Crippen molar-refractivity contribution in [3.63, 3.8) is 0 Å². The molecule has 2 aliphatic rings. The van der Waals surface area contributed by atoms with Crippen molar-refractivity contribution >= 4 is 6.09 Å². The fourth-order valence-electron chi connectivity index (χ4n) is 3.53. The van der Waals surface area contributed by atoms with Crippen molar-refractivity contribution in [1.29, 1.82) is 0 Å². The van der Waals surface area contributed by atoms with Crippen molar-refractivity contribution in [2.75, 3.05) is 52.6 Å². The Balaban J connectivity index is 0.000000261. The molecule has 0 radical (unpaired) electrons. The minimum atomic E-state index is -0.391. The summed E-state index contributed by atoms with van der Waals surface area (Å²) in [5, 5.41) is 38.9. The number of nitrogens with one attached hydrogen (secondary N) is 1. The molecule has 1 amide bonds.